The van der Waals surface area contributed by atoms with Gasteiger partial charge in [-0.15, -0.1) is 5.10 Å². The SMILES string of the molecule is CCCOc1ccc(NC(=O)Cn2nnc3ccccc32)cc1OCCC. The van der Waals surface area contributed by atoms with E-state index in [0.29, 0.717) is 30.4 Å². The van der Waals surface area contributed by atoms with Gasteiger partial charge in [-0.1, -0.05) is 31.2 Å². The molecule has 0 aliphatic heterocycles. The molecule has 0 atom stereocenters. The van der Waals surface area contributed by atoms with E-state index in [4.69, 9.17) is 9.47 Å². The zero-order valence-corrected chi connectivity index (χ0v) is 15.6. The Bertz CT molecular complexity index is 907. The lowest BCUT2D eigenvalue weighted by atomic mass is 10.2. The third kappa shape index (κ3) is 4.75. The molecular formula is C20H24N4O3. The number of amides is 1. The number of hydrogen-bond acceptors (Lipinski definition) is 5. The van der Waals surface area contributed by atoms with E-state index in [1.54, 1.807) is 16.8 Å². The zero-order valence-electron chi connectivity index (χ0n) is 15.6. The van der Waals surface area contributed by atoms with Gasteiger partial charge in [0.2, 0.25) is 5.91 Å². The summed E-state index contributed by atoms with van der Waals surface area (Å²) in [5.74, 6) is 1.13. The summed E-state index contributed by atoms with van der Waals surface area (Å²) in [5.41, 5.74) is 2.24. The summed E-state index contributed by atoms with van der Waals surface area (Å²) in [5, 5.41) is 11.0. The number of aromatic nitrogens is 3. The van der Waals surface area contributed by atoms with E-state index < -0.39 is 0 Å². The van der Waals surface area contributed by atoms with Crippen LogP contribution in [-0.4, -0.2) is 34.1 Å². The second-order valence-electron chi connectivity index (χ2n) is 6.14. The Morgan fingerprint density at radius 3 is 2.56 bits per heavy atom. The Morgan fingerprint density at radius 1 is 1.04 bits per heavy atom. The highest BCUT2D eigenvalue weighted by Gasteiger charge is 2.11. The van der Waals surface area contributed by atoms with E-state index in [0.717, 1.165) is 23.9 Å². The molecule has 0 spiro atoms. The summed E-state index contributed by atoms with van der Waals surface area (Å²) in [7, 11) is 0. The number of anilines is 1. The van der Waals surface area contributed by atoms with Gasteiger partial charge in [-0.2, -0.15) is 0 Å². The zero-order chi connectivity index (χ0) is 19.1. The average molecular weight is 368 g/mol. The summed E-state index contributed by atoms with van der Waals surface area (Å²) in [4.78, 5) is 12.4. The van der Waals surface area contributed by atoms with Crippen molar-refractivity contribution in [2.45, 2.75) is 33.2 Å². The van der Waals surface area contributed by atoms with Crippen LogP contribution in [0.25, 0.3) is 11.0 Å². The second-order valence-corrected chi connectivity index (χ2v) is 6.14. The van der Waals surface area contributed by atoms with Crippen molar-refractivity contribution in [1.29, 1.82) is 0 Å². The molecule has 2 aromatic carbocycles. The van der Waals surface area contributed by atoms with Crippen molar-refractivity contribution in [1.82, 2.24) is 15.0 Å². The van der Waals surface area contributed by atoms with Crippen LogP contribution >= 0.6 is 0 Å². The van der Waals surface area contributed by atoms with Gasteiger partial charge in [0.1, 0.15) is 12.1 Å². The lowest BCUT2D eigenvalue weighted by molar-refractivity contribution is -0.116. The highest BCUT2D eigenvalue weighted by molar-refractivity contribution is 5.91. The smallest absolute Gasteiger partial charge is 0.246 e. The fourth-order valence-corrected chi connectivity index (χ4v) is 2.61. The molecule has 0 aliphatic rings. The third-order valence-corrected chi connectivity index (χ3v) is 3.86. The van der Waals surface area contributed by atoms with Gasteiger partial charge in [0.15, 0.2) is 11.5 Å². The third-order valence-electron chi connectivity index (χ3n) is 3.86. The number of carbonyl (C=O) groups excluding carboxylic acids is 1. The molecule has 3 aromatic rings. The Morgan fingerprint density at radius 2 is 1.78 bits per heavy atom. The summed E-state index contributed by atoms with van der Waals surface area (Å²) in [6, 6.07) is 13.0. The van der Waals surface area contributed by atoms with Crippen molar-refractivity contribution < 1.29 is 14.3 Å². The first-order chi connectivity index (χ1) is 13.2. The molecule has 0 radical (unpaired) electrons. The first-order valence-electron chi connectivity index (χ1n) is 9.19. The molecule has 142 valence electrons. The van der Waals surface area contributed by atoms with Crippen molar-refractivity contribution in [2.75, 3.05) is 18.5 Å². The molecule has 1 aromatic heterocycles. The number of ether oxygens (including phenoxy) is 2. The maximum Gasteiger partial charge on any atom is 0.246 e. The average Bonchev–Trinajstić information content (AvgIpc) is 3.08. The molecule has 0 aliphatic carbocycles. The highest BCUT2D eigenvalue weighted by atomic mass is 16.5. The number of fused-ring (bicyclic) bond motifs is 1. The van der Waals surface area contributed by atoms with Crippen molar-refractivity contribution in [3.63, 3.8) is 0 Å². The quantitative estimate of drug-likeness (QED) is 0.624. The van der Waals surface area contributed by atoms with Crippen LogP contribution in [0.3, 0.4) is 0 Å². The van der Waals surface area contributed by atoms with E-state index in [-0.39, 0.29) is 12.5 Å². The van der Waals surface area contributed by atoms with E-state index in [1.807, 2.05) is 37.3 Å². The number of para-hydroxylation sites is 1. The molecule has 3 rings (SSSR count). The van der Waals surface area contributed by atoms with Crippen molar-refractivity contribution in [2.24, 2.45) is 0 Å². The van der Waals surface area contributed by atoms with E-state index >= 15 is 0 Å². The fraction of sp³-hybridized carbons (Fsp3) is 0.350. The van der Waals surface area contributed by atoms with Crippen molar-refractivity contribution in [3.05, 3.63) is 42.5 Å². The van der Waals surface area contributed by atoms with Gasteiger partial charge in [0.25, 0.3) is 0 Å². The molecule has 1 amide bonds. The Kier molecular flexibility index (Phi) is 6.25. The number of nitrogens with one attached hydrogen (secondary N) is 1. The summed E-state index contributed by atoms with van der Waals surface area (Å²) in [6.45, 7) is 5.38. The molecule has 0 saturated heterocycles. The van der Waals surface area contributed by atoms with Crippen LogP contribution in [0.1, 0.15) is 26.7 Å². The first-order valence-corrected chi connectivity index (χ1v) is 9.19. The number of carbonyl (C=O) groups is 1. The fourth-order valence-electron chi connectivity index (χ4n) is 2.61. The van der Waals surface area contributed by atoms with Gasteiger partial charge in [-0.05, 0) is 37.1 Å². The minimum atomic E-state index is -0.186. The van der Waals surface area contributed by atoms with Gasteiger partial charge >= 0.3 is 0 Å². The van der Waals surface area contributed by atoms with Crippen LogP contribution in [0.15, 0.2) is 42.5 Å². The molecule has 7 nitrogen and oxygen atoms in total. The summed E-state index contributed by atoms with van der Waals surface area (Å²) >= 11 is 0. The molecule has 1 heterocycles. The normalized spacial score (nSPS) is 10.7. The number of benzene rings is 2. The lowest BCUT2D eigenvalue weighted by Crippen LogP contribution is -2.19. The molecule has 27 heavy (non-hydrogen) atoms. The van der Waals surface area contributed by atoms with Crippen LogP contribution in [0.5, 0.6) is 11.5 Å². The second kappa shape index (κ2) is 9.02. The number of nitrogens with zero attached hydrogens (tertiary/aromatic N) is 3. The molecule has 1 N–H and O–H groups in total. The van der Waals surface area contributed by atoms with Crippen LogP contribution in [0, 0.1) is 0 Å². The van der Waals surface area contributed by atoms with Crippen molar-refractivity contribution >= 4 is 22.6 Å². The van der Waals surface area contributed by atoms with Gasteiger partial charge in [-0.3, -0.25) is 4.79 Å². The van der Waals surface area contributed by atoms with Gasteiger partial charge < -0.3 is 14.8 Å². The van der Waals surface area contributed by atoms with Crippen LogP contribution in [0.4, 0.5) is 5.69 Å². The lowest BCUT2D eigenvalue weighted by Gasteiger charge is -2.14. The van der Waals surface area contributed by atoms with E-state index in [9.17, 15) is 4.79 Å². The van der Waals surface area contributed by atoms with Crippen molar-refractivity contribution in [3.8, 4) is 11.5 Å². The maximum absolute atomic E-state index is 12.4. The number of rotatable bonds is 9. The molecule has 0 fully saturated rings. The minimum Gasteiger partial charge on any atom is -0.490 e. The molecule has 0 saturated carbocycles. The molecule has 0 unspecified atom stereocenters. The minimum absolute atomic E-state index is 0.0831. The van der Waals surface area contributed by atoms with Gasteiger partial charge in [-0.25, -0.2) is 4.68 Å². The van der Waals surface area contributed by atoms with Crippen LogP contribution < -0.4 is 14.8 Å². The predicted octanol–water partition coefficient (Wildman–Crippen LogP) is 3.65. The molecular weight excluding hydrogens is 344 g/mol. The Labute approximate surface area is 158 Å². The monoisotopic (exact) mass is 368 g/mol. The van der Waals surface area contributed by atoms with Crippen LogP contribution in [-0.2, 0) is 11.3 Å². The molecule has 7 heteroatoms. The number of hydrogen-bond donors (Lipinski definition) is 1. The first kappa shape index (κ1) is 18.7. The Hall–Kier alpha value is -3.09. The van der Waals surface area contributed by atoms with E-state index in [1.165, 1.54) is 0 Å². The highest BCUT2D eigenvalue weighted by Crippen LogP contribution is 2.31. The predicted molar refractivity (Wildman–Crippen MR) is 104 cm³/mol. The topological polar surface area (TPSA) is 78.3 Å². The van der Waals surface area contributed by atoms with E-state index in [2.05, 4.69) is 22.6 Å². The van der Waals surface area contributed by atoms with Gasteiger partial charge in [0, 0.05) is 11.8 Å². The maximum atomic E-state index is 12.4. The summed E-state index contributed by atoms with van der Waals surface area (Å²) < 4.78 is 13.1. The standard InChI is InChI=1S/C20H24N4O3/c1-3-11-26-18-10-9-15(13-19(18)27-12-4-2)21-20(25)14-24-17-8-6-5-7-16(17)22-23-24/h5-10,13H,3-4,11-12,14H2,1-2H3,(H,21,25). The molecule has 0 bridgehead atoms. The largest absolute Gasteiger partial charge is 0.490 e. The Balaban J connectivity index is 1.71. The summed E-state index contributed by atoms with van der Waals surface area (Å²) in [6.07, 6.45) is 1.81. The van der Waals surface area contributed by atoms with Crippen LogP contribution in [0.2, 0.25) is 0 Å². The van der Waals surface area contributed by atoms with Gasteiger partial charge in [0.05, 0.1) is 18.7 Å².